The Labute approximate surface area is 70.6 Å². The maximum Gasteiger partial charge on any atom is 0.264 e. The zero-order valence-corrected chi connectivity index (χ0v) is 7.26. The van der Waals surface area contributed by atoms with Gasteiger partial charge in [0.1, 0.15) is 11.9 Å². The normalized spacial score (nSPS) is 13.9. The molecule has 0 rings (SSSR count). The topological polar surface area (TPSA) is 37.3 Å². The van der Waals surface area contributed by atoms with Gasteiger partial charge >= 0.3 is 0 Å². The van der Waals surface area contributed by atoms with Crippen molar-refractivity contribution < 1.29 is 18.7 Å². The summed E-state index contributed by atoms with van der Waals surface area (Å²) in [6.07, 6.45) is -4.79. The number of aliphatic hydroxyl groups excluding tert-OH is 1. The number of aliphatic hydroxyl groups is 1. The quantitative estimate of drug-likeness (QED) is 0.698. The molecule has 1 unspecified atom stereocenters. The summed E-state index contributed by atoms with van der Waals surface area (Å²) in [6, 6.07) is 0. The van der Waals surface area contributed by atoms with Gasteiger partial charge in [-0.2, -0.15) is 0 Å². The van der Waals surface area contributed by atoms with E-state index in [2.05, 4.69) is 0 Å². The molecule has 0 spiro atoms. The Morgan fingerprint density at radius 3 is 2.17 bits per heavy atom. The first-order valence-corrected chi connectivity index (χ1v) is 3.91. The average Bonchev–Trinajstić information content (AvgIpc) is 1.84. The van der Waals surface area contributed by atoms with Crippen LogP contribution in [0.3, 0.4) is 0 Å². The van der Waals surface area contributed by atoms with Gasteiger partial charge in [-0.1, -0.05) is 13.8 Å². The zero-order valence-electron chi connectivity index (χ0n) is 7.26. The highest BCUT2D eigenvalue weighted by molar-refractivity contribution is 5.79. The van der Waals surface area contributed by atoms with Gasteiger partial charge < -0.3 is 5.11 Å². The minimum absolute atomic E-state index is 0.155. The maximum atomic E-state index is 11.7. The van der Waals surface area contributed by atoms with E-state index in [1.54, 1.807) is 0 Å². The van der Waals surface area contributed by atoms with E-state index in [0.717, 1.165) is 0 Å². The van der Waals surface area contributed by atoms with E-state index in [1.807, 2.05) is 13.8 Å². The largest absolute Gasteiger partial charge is 0.387 e. The lowest BCUT2D eigenvalue weighted by Crippen LogP contribution is -2.22. The lowest BCUT2D eigenvalue weighted by Gasteiger charge is -2.08. The molecular weight excluding hydrogens is 166 g/mol. The van der Waals surface area contributed by atoms with Crippen molar-refractivity contribution in [1.82, 2.24) is 0 Å². The molecule has 0 heterocycles. The van der Waals surface area contributed by atoms with Crippen molar-refractivity contribution in [3.63, 3.8) is 0 Å². The number of Topliss-reactive ketones (excluding diaryl/α,β-unsaturated/α-hetero) is 1. The number of hydrogen-bond acceptors (Lipinski definition) is 2. The second kappa shape index (κ2) is 5.19. The van der Waals surface area contributed by atoms with Crippen LogP contribution in [0.1, 0.15) is 26.7 Å². The molecule has 0 aliphatic rings. The zero-order chi connectivity index (χ0) is 9.72. The second-order valence-electron chi connectivity index (χ2n) is 3.24. The summed E-state index contributed by atoms with van der Waals surface area (Å²) in [7, 11) is 0. The fourth-order valence-corrected chi connectivity index (χ4v) is 0.861. The van der Waals surface area contributed by atoms with Crippen LogP contribution in [0.15, 0.2) is 0 Å². The molecule has 0 bridgehead atoms. The molecule has 1 atom stereocenters. The molecule has 0 aliphatic carbocycles. The first-order chi connectivity index (χ1) is 5.43. The minimum atomic E-state index is -2.82. The molecule has 2 nitrogen and oxygen atoms in total. The van der Waals surface area contributed by atoms with Gasteiger partial charge in [-0.05, 0) is 5.92 Å². The Morgan fingerprint density at radius 1 is 1.33 bits per heavy atom. The summed E-state index contributed by atoms with van der Waals surface area (Å²) in [4.78, 5) is 10.9. The molecule has 0 fully saturated rings. The molecule has 0 aliphatic heterocycles. The predicted octanol–water partition coefficient (Wildman–Crippen LogP) is 1.62. The first-order valence-electron chi connectivity index (χ1n) is 3.91. The molecule has 0 radical (unpaired) electrons. The molecule has 1 N–H and O–H groups in total. The molecule has 0 amide bonds. The summed E-state index contributed by atoms with van der Waals surface area (Å²) in [5.41, 5.74) is 0. The first kappa shape index (κ1) is 11.5. The fraction of sp³-hybridized carbons (Fsp3) is 0.875. The third-order valence-corrected chi connectivity index (χ3v) is 1.36. The van der Waals surface area contributed by atoms with Crippen LogP contribution < -0.4 is 0 Å². The van der Waals surface area contributed by atoms with E-state index in [9.17, 15) is 13.6 Å². The third-order valence-electron chi connectivity index (χ3n) is 1.36. The Hall–Kier alpha value is -0.510. The van der Waals surface area contributed by atoms with Crippen LogP contribution in [0.5, 0.6) is 0 Å². The van der Waals surface area contributed by atoms with E-state index >= 15 is 0 Å². The number of carbonyl (C=O) groups excluding carboxylic acids is 1. The minimum Gasteiger partial charge on any atom is -0.387 e. The summed E-state index contributed by atoms with van der Waals surface area (Å²) in [5.74, 6) is -0.153. The van der Waals surface area contributed by atoms with Gasteiger partial charge in [0.15, 0.2) is 0 Å². The second-order valence-corrected chi connectivity index (χ2v) is 3.24. The summed E-state index contributed by atoms with van der Waals surface area (Å²) in [5, 5.41) is 8.64. The Morgan fingerprint density at radius 2 is 1.83 bits per heavy atom. The molecule has 12 heavy (non-hydrogen) atoms. The number of hydrogen-bond donors (Lipinski definition) is 1. The third kappa shape index (κ3) is 5.18. The van der Waals surface area contributed by atoms with E-state index in [4.69, 9.17) is 5.11 Å². The molecule has 0 aromatic carbocycles. The van der Waals surface area contributed by atoms with Gasteiger partial charge in [-0.25, -0.2) is 8.78 Å². The van der Waals surface area contributed by atoms with Crippen LogP contribution in [0.2, 0.25) is 0 Å². The summed E-state index contributed by atoms with van der Waals surface area (Å²) < 4.78 is 23.4. The van der Waals surface area contributed by atoms with Crippen molar-refractivity contribution in [2.75, 3.05) is 0 Å². The highest BCUT2D eigenvalue weighted by Crippen LogP contribution is 2.09. The number of carbonyl (C=O) groups is 1. The monoisotopic (exact) mass is 180 g/mol. The van der Waals surface area contributed by atoms with Gasteiger partial charge in [-0.3, -0.25) is 4.79 Å². The SMILES string of the molecule is CC(C)CC(=O)CC(O)C(F)F. The Balaban J connectivity index is 3.69. The molecule has 4 heteroatoms. The van der Waals surface area contributed by atoms with E-state index in [1.165, 1.54) is 0 Å². The van der Waals surface area contributed by atoms with Crippen LogP contribution in [0, 0.1) is 5.92 Å². The van der Waals surface area contributed by atoms with Gasteiger partial charge in [0.2, 0.25) is 0 Å². The fourth-order valence-electron chi connectivity index (χ4n) is 0.861. The highest BCUT2D eigenvalue weighted by Gasteiger charge is 2.20. The molecule has 72 valence electrons. The number of rotatable bonds is 5. The Kier molecular flexibility index (Phi) is 4.97. The van der Waals surface area contributed by atoms with Crippen molar-refractivity contribution >= 4 is 5.78 Å². The van der Waals surface area contributed by atoms with Gasteiger partial charge in [0, 0.05) is 12.8 Å². The van der Waals surface area contributed by atoms with Crippen molar-refractivity contribution in [1.29, 1.82) is 0 Å². The van der Waals surface area contributed by atoms with Crippen LogP contribution in [-0.4, -0.2) is 23.4 Å². The van der Waals surface area contributed by atoms with Crippen molar-refractivity contribution in [2.45, 2.75) is 39.2 Å². The molecular formula is C8H14F2O2. The average molecular weight is 180 g/mol. The standard InChI is InChI=1S/C8H14F2O2/c1-5(2)3-6(11)4-7(12)8(9)10/h5,7-8,12H,3-4H2,1-2H3. The van der Waals surface area contributed by atoms with Crippen LogP contribution in [0.4, 0.5) is 8.78 Å². The summed E-state index contributed by atoms with van der Waals surface area (Å²) >= 11 is 0. The maximum absolute atomic E-state index is 11.7. The van der Waals surface area contributed by atoms with Crippen LogP contribution in [-0.2, 0) is 4.79 Å². The van der Waals surface area contributed by atoms with Crippen LogP contribution >= 0.6 is 0 Å². The van der Waals surface area contributed by atoms with E-state index < -0.39 is 19.0 Å². The number of halogens is 2. The van der Waals surface area contributed by atoms with E-state index in [-0.39, 0.29) is 18.1 Å². The van der Waals surface area contributed by atoms with Crippen molar-refractivity contribution in [3.8, 4) is 0 Å². The molecule has 0 aromatic heterocycles. The molecule has 0 aromatic rings. The van der Waals surface area contributed by atoms with E-state index in [0.29, 0.717) is 0 Å². The molecule has 0 saturated heterocycles. The Bertz CT molecular complexity index is 146. The summed E-state index contributed by atoms with van der Waals surface area (Å²) in [6.45, 7) is 3.65. The highest BCUT2D eigenvalue weighted by atomic mass is 19.3. The molecule has 0 saturated carbocycles. The van der Waals surface area contributed by atoms with Crippen molar-refractivity contribution in [3.05, 3.63) is 0 Å². The number of alkyl halides is 2. The van der Waals surface area contributed by atoms with Gasteiger partial charge in [-0.15, -0.1) is 0 Å². The van der Waals surface area contributed by atoms with Crippen molar-refractivity contribution in [2.24, 2.45) is 5.92 Å². The van der Waals surface area contributed by atoms with Gasteiger partial charge in [0.25, 0.3) is 6.43 Å². The number of ketones is 1. The lowest BCUT2D eigenvalue weighted by molar-refractivity contribution is -0.124. The predicted molar refractivity (Wildman–Crippen MR) is 41.1 cm³/mol. The van der Waals surface area contributed by atoms with Gasteiger partial charge in [0.05, 0.1) is 0 Å². The van der Waals surface area contributed by atoms with Crippen LogP contribution in [0.25, 0.3) is 0 Å². The lowest BCUT2D eigenvalue weighted by atomic mass is 10.0. The smallest absolute Gasteiger partial charge is 0.264 e.